The Morgan fingerprint density at radius 2 is 1.79 bits per heavy atom. The van der Waals surface area contributed by atoms with E-state index in [0.717, 1.165) is 0 Å². The van der Waals surface area contributed by atoms with Crippen LogP contribution in [0.15, 0.2) is 42.9 Å². The second-order valence-corrected chi connectivity index (χ2v) is 6.13. The quantitative estimate of drug-likeness (QED) is 0.565. The molecule has 3 N–H and O–H groups in total. The lowest BCUT2D eigenvalue weighted by Crippen LogP contribution is -2.27. The number of carbonyl (C=O) groups excluding carboxylic acids is 2. The second-order valence-electron chi connectivity index (χ2n) is 6.13. The minimum Gasteiger partial charge on any atom is -0.483 e. The van der Waals surface area contributed by atoms with Gasteiger partial charge < -0.3 is 25.2 Å². The summed E-state index contributed by atoms with van der Waals surface area (Å²) in [6.07, 6.45) is 5.13. The van der Waals surface area contributed by atoms with Gasteiger partial charge in [0.2, 0.25) is 5.91 Å². The van der Waals surface area contributed by atoms with Crippen LogP contribution in [0.1, 0.15) is 10.4 Å². The first-order chi connectivity index (χ1) is 13.4. The van der Waals surface area contributed by atoms with Gasteiger partial charge in [-0.25, -0.2) is 4.52 Å². The molecule has 2 aromatic heterocycles. The number of carboxylic acid groups (broad SMARTS) is 1. The van der Waals surface area contributed by atoms with Crippen molar-refractivity contribution in [2.24, 2.45) is 7.05 Å². The first-order valence-electron chi connectivity index (χ1n) is 8.28. The number of hydrogen-bond acceptors (Lipinski definition) is 5. The third-order valence-corrected chi connectivity index (χ3v) is 3.69. The van der Waals surface area contributed by atoms with Crippen LogP contribution < -0.4 is 10.6 Å². The van der Waals surface area contributed by atoms with Crippen LogP contribution in [-0.4, -0.2) is 63.1 Å². The summed E-state index contributed by atoms with van der Waals surface area (Å²) in [7, 11) is 5.49. The number of nitrogens with zero attached hydrogens (tertiary/aromatic N) is 4. The Morgan fingerprint density at radius 1 is 1.18 bits per heavy atom. The molecule has 0 aliphatic rings. The molecule has 0 radical (unpaired) electrons. The molecule has 0 fully saturated rings. The standard InChI is InChI=1S/C17H20N6O2.CH2O2/c1-21(2)11-15(24)19-13-6-4-5-7-14(13)20-16(25)12-10-18-23-9-8-22(3)17(12)23;2-1-3/h4-10H,11H2,1-3H3,(H,19,24)(H,20,25);1H,(H,2,3). The van der Waals surface area contributed by atoms with Gasteiger partial charge in [0.1, 0.15) is 11.2 Å². The van der Waals surface area contributed by atoms with Gasteiger partial charge in [-0.2, -0.15) is 5.10 Å². The van der Waals surface area contributed by atoms with Crippen LogP contribution in [0.2, 0.25) is 0 Å². The van der Waals surface area contributed by atoms with E-state index in [1.807, 2.05) is 31.9 Å². The number of nitrogens with one attached hydrogen (secondary N) is 2. The van der Waals surface area contributed by atoms with Gasteiger partial charge in [-0.1, -0.05) is 12.1 Å². The predicted octanol–water partition coefficient (Wildman–Crippen LogP) is 1.13. The van der Waals surface area contributed by atoms with Gasteiger partial charge in [-0.05, 0) is 26.2 Å². The molecular formula is C18H22N6O4. The van der Waals surface area contributed by atoms with Crippen molar-refractivity contribution in [3.63, 3.8) is 0 Å². The summed E-state index contributed by atoms with van der Waals surface area (Å²) >= 11 is 0. The summed E-state index contributed by atoms with van der Waals surface area (Å²) in [5.74, 6) is -0.437. The lowest BCUT2D eigenvalue weighted by Gasteiger charge is -2.14. The van der Waals surface area contributed by atoms with Gasteiger partial charge in [0.05, 0.1) is 24.1 Å². The highest BCUT2D eigenvalue weighted by molar-refractivity contribution is 6.10. The number of fused-ring (bicyclic) bond motifs is 1. The highest BCUT2D eigenvalue weighted by Gasteiger charge is 2.17. The third-order valence-electron chi connectivity index (χ3n) is 3.69. The molecule has 3 rings (SSSR count). The molecule has 0 atom stereocenters. The van der Waals surface area contributed by atoms with Crippen LogP contribution in [0.5, 0.6) is 0 Å². The van der Waals surface area contributed by atoms with Crippen molar-refractivity contribution in [1.29, 1.82) is 0 Å². The fraction of sp³-hybridized carbons (Fsp3) is 0.222. The molecule has 0 aliphatic heterocycles. The maximum atomic E-state index is 12.7. The van der Waals surface area contributed by atoms with Gasteiger partial charge in [-0.3, -0.25) is 14.4 Å². The average Bonchev–Trinajstić information content (AvgIpc) is 3.20. The van der Waals surface area contributed by atoms with Crippen molar-refractivity contribution >= 4 is 35.3 Å². The molecule has 10 nitrogen and oxygen atoms in total. The number of rotatable bonds is 5. The summed E-state index contributed by atoms with van der Waals surface area (Å²) < 4.78 is 3.46. The Hall–Kier alpha value is -3.66. The zero-order valence-corrected chi connectivity index (χ0v) is 15.8. The van der Waals surface area contributed by atoms with Gasteiger partial charge in [-0.15, -0.1) is 0 Å². The smallest absolute Gasteiger partial charge is 0.290 e. The van der Waals surface area contributed by atoms with Crippen LogP contribution in [0.3, 0.4) is 0 Å². The first-order valence-corrected chi connectivity index (χ1v) is 8.28. The van der Waals surface area contributed by atoms with Crippen molar-refractivity contribution in [3.8, 4) is 0 Å². The topological polar surface area (TPSA) is 121 Å². The highest BCUT2D eigenvalue weighted by Crippen LogP contribution is 2.22. The number of para-hydroxylation sites is 2. The number of amides is 2. The summed E-state index contributed by atoms with van der Waals surface area (Å²) in [4.78, 5) is 34.8. The Morgan fingerprint density at radius 3 is 2.39 bits per heavy atom. The van der Waals surface area contributed by atoms with Crippen molar-refractivity contribution in [2.45, 2.75) is 0 Å². The van der Waals surface area contributed by atoms with Crippen LogP contribution >= 0.6 is 0 Å². The first kappa shape index (κ1) is 20.6. The molecule has 3 aromatic rings. The minimum atomic E-state index is -0.286. The van der Waals surface area contributed by atoms with E-state index in [-0.39, 0.29) is 24.8 Å². The predicted molar refractivity (Wildman–Crippen MR) is 104 cm³/mol. The zero-order valence-electron chi connectivity index (χ0n) is 15.8. The van der Waals surface area contributed by atoms with Crippen molar-refractivity contribution in [2.75, 3.05) is 31.3 Å². The number of benzene rings is 1. The van der Waals surface area contributed by atoms with E-state index in [4.69, 9.17) is 9.90 Å². The van der Waals surface area contributed by atoms with E-state index in [1.54, 1.807) is 39.9 Å². The Bertz CT molecular complexity index is 976. The van der Waals surface area contributed by atoms with E-state index in [1.165, 1.54) is 6.20 Å². The molecule has 28 heavy (non-hydrogen) atoms. The molecule has 0 bridgehead atoms. The summed E-state index contributed by atoms with van der Waals surface area (Å²) in [5, 5.41) is 16.7. The van der Waals surface area contributed by atoms with Gasteiger partial charge >= 0.3 is 0 Å². The van der Waals surface area contributed by atoms with Crippen LogP contribution in [-0.2, 0) is 16.6 Å². The van der Waals surface area contributed by atoms with E-state index in [9.17, 15) is 9.59 Å². The fourth-order valence-corrected chi connectivity index (χ4v) is 2.58. The number of carbonyl (C=O) groups is 3. The number of imidazole rings is 1. The molecule has 1 aromatic carbocycles. The molecule has 0 aliphatic carbocycles. The van der Waals surface area contributed by atoms with E-state index < -0.39 is 0 Å². The Balaban J connectivity index is 0.000000878. The van der Waals surface area contributed by atoms with Crippen molar-refractivity contribution < 1.29 is 19.5 Å². The largest absolute Gasteiger partial charge is 0.483 e. The van der Waals surface area contributed by atoms with Crippen molar-refractivity contribution in [1.82, 2.24) is 19.1 Å². The maximum absolute atomic E-state index is 12.7. The molecule has 148 valence electrons. The summed E-state index contributed by atoms with van der Waals surface area (Å²) in [5.41, 5.74) is 2.25. The normalized spacial score (nSPS) is 10.3. The van der Waals surface area contributed by atoms with Crippen LogP contribution in [0.4, 0.5) is 11.4 Å². The lowest BCUT2D eigenvalue weighted by molar-refractivity contribution is -0.123. The van der Waals surface area contributed by atoms with Crippen LogP contribution in [0.25, 0.3) is 5.65 Å². The Kier molecular flexibility index (Phi) is 6.88. The summed E-state index contributed by atoms with van der Waals surface area (Å²) in [6.45, 7) is 0.00959. The molecule has 2 amide bonds. The third kappa shape index (κ3) is 4.95. The molecule has 2 heterocycles. The zero-order chi connectivity index (χ0) is 20.7. The van der Waals surface area contributed by atoms with Gasteiger partial charge in [0.25, 0.3) is 12.4 Å². The molecule has 10 heteroatoms. The Labute approximate surface area is 161 Å². The SMILES string of the molecule is CN(C)CC(=O)Nc1ccccc1NC(=O)c1cnn2ccn(C)c12.O=CO. The number of aryl methyl sites for hydroxylation is 1. The monoisotopic (exact) mass is 386 g/mol. The summed E-state index contributed by atoms with van der Waals surface area (Å²) in [6, 6.07) is 7.09. The molecule has 0 saturated heterocycles. The van der Waals surface area contributed by atoms with E-state index in [0.29, 0.717) is 22.6 Å². The number of hydrogen-bond donors (Lipinski definition) is 3. The number of aromatic nitrogens is 3. The van der Waals surface area contributed by atoms with E-state index >= 15 is 0 Å². The molecular weight excluding hydrogens is 364 g/mol. The molecule has 0 unspecified atom stereocenters. The molecule has 0 spiro atoms. The minimum absolute atomic E-state index is 0.151. The van der Waals surface area contributed by atoms with Gasteiger partial charge in [0, 0.05) is 19.4 Å². The van der Waals surface area contributed by atoms with Crippen molar-refractivity contribution in [3.05, 3.63) is 48.4 Å². The lowest BCUT2D eigenvalue weighted by atomic mass is 10.2. The second kappa shape index (κ2) is 9.33. The average molecular weight is 386 g/mol. The van der Waals surface area contributed by atoms with Crippen LogP contribution in [0, 0.1) is 0 Å². The maximum Gasteiger partial charge on any atom is 0.290 e. The number of anilines is 2. The highest BCUT2D eigenvalue weighted by atomic mass is 16.3. The fourth-order valence-electron chi connectivity index (χ4n) is 2.58. The number of likely N-dealkylation sites (N-methyl/N-ethyl adjacent to an activating group) is 1. The van der Waals surface area contributed by atoms with E-state index in [2.05, 4.69) is 15.7 Å². The molecule has 0 saturated carbocycles. The van der Waals surface area contributed by atoms with Gasteiger partial charge in [0.15, 0.2) is 0 Å².